The lowest BCUT2D eigenvalue weighted by Gasteiger charge is -2.16. The highest BCUT2D eigenvalue weighted by Gasteiger charge is 2.04. The maximum atomic E-state index is 4.38. The van der Waals surface area contributed by atoms with Crippen LogP contribution in [0.25, 0.3) is 0 Å². The highest BCUT2D eigenvalue weighted by Crippen LogP contribution is 2.15. The Labute approximate surface area is 128 Å². The third-order valence-electron chi connectivity index (χ3n) is 2.65. The summed E-state index contributed by atoms with van der Waals surface area (Å²) >= 11 is 3.49. The number of nitrogens with one attached hydrogen (secondary N) is 2. The fraction of sp³-hybridized carbons (Fsp3) is 0.417. The Morgan fingerprint density at radius 2 is 2.29 bits per heavy atom. The first-order valence-electron chi connectivity index (χ1n) is 5.53. The maximum Gasteiger partial charge on any atom is 0.191 e. The van der Waals surface area contributed by atoms with Gasteiger partial charge in [0, 0.05) is 24.1 Å². The van der Waals surface area contributed by atoms with Gasteiger partial charge in [0.1, 0.15) is 0 Å². The highest BCUT2D eigenvalue weighted by atomic mass is 127. The van der Waals surface area contributed by atoms with Gasteiger partial charge in [-0.15, -0.1) is 24.0 Å². The monoisotopic (exact) mass is 409 g/mol. The van der Waals surface area contributed by atoms with Gasteiger partial charge in [-0.3, -0.25) is 4.99 Å². The van der Waals surface area contributed by atoms with Gasteiger partial charge in [-0.25, -0.2) is 0 Å². The van der Waals surface area contributed by atoms with E-state index < -0.39 is 0 Å². The molecule has 1 aliphatic heterocycles. The molecule has 1 aromatic carbocycles. The number of aliphatic imine (C=N–C) groups is 1. The van der Waals surface area contributed by atoms with Gasteiger partial charge in [-0.05, 0) is 36.6 Å². The molecule has 0 unspecified atom stereocenters. The zero-order valence-electron chi connectivity index (χ0n) is 9.79. The Bertz CT molecular complexity index is 407. The van der Waals surface area contributed by atoms with E-state index in [0.717, 1.165) is 36.5 Å². The minimum atomic E-state index is 0. The van der Waals surface area contributed by atoms with Gasteiger partial charge in [-0.1, -0.05) is 22.0 Å². The normalized spacial score (nSPS) is 14.4. The molecule has 1 heterocycles. The van der Waals surface area contributed by atoms with Gasteiger partial charge in [-0.2, -0.15) is 0 Å². The van der Waals surface area contributed by atoms with Crippen molar-refractivity contribution in [3.05, 3.63) is 33.8 Å². The molecule has 0 saturated carbocycles. The summed E-state index contributed by atoms with van der Waals surface area (Å²) < 4.78 is 1.12. The predicted molar refractivity (Wildman–Crippen MR) is 86.1 cm³/mol. The van der Waals surface area contributed by atoms with Crippen LogP contribution in [-0.2, 0) is 6.54 Å². The van der Waals surface area contributed by atoms with Gasteiger partial charge in [0.25, 0.3) is 0 Å². The highest BCUT2D eigenvalue weighted by molar-refractivity contribution is 14.0. The van der Waals surface area contributed by atoms with E-state index in [1.165, 1.54) is 11.1 Å². The maximum absolute atomic E-state index is 4.38. The number of guanidine groups is 1. The number of nitrogens with zero attached hydrogens (tertiary/aromatic N) is 1. The molecule has 3 nitrogen and oxygen atoms in total. The second-order valence-electron chi connectivity index (χ2n) is 3.94. The smallest absolute Gasteiger partial charge is 0.191 e. The van der Waals surface area contributed by atoms with E-state index in [-0.39, 0.29) is 24.0 Å². The number of benzene rings is 1. The molecular weight excluding hydrogens is 393 g/mol. The van der Waals surface area contributed by atoms with Crippen molar-refractivity contribution in [2.45, 2.75) is 19.9 Å². The summed E-state index contributed by atoms with van der Waals surface area (Å²) in [5.41, 5.74) is 2.59. The molecule has 17 heavy (non-hydrogen) atoms. The minimum absolute atomic E-state index is 0. The van der Waals surface area contributed by atoms with Gasteiger partial charge in [0.15, 0.2) is 5.96 Å². The van der Waals surface area contributed by atoms with Crippen LogP contribution in [0.2, 0.25) is 0 Å². The number of halogens is 2. The van der Waals surface area contributed by atoms with Crippen LogP contribution in [0.15, 0.2) is 27.7 Å². The molecule has 0 radical (unpaired) electrons. The van der Waals surface area contributed by atoms with Crippen LogP contribution in [0, 0.1) is 6.92 Å². The van der Waals surface area contributed by atoms with Gasteiger partial charge < -0.3 is 10.6 Å². The summed E-state index contributed by atoms with van der Waals surface area (Å²) in [6.07, 6.45) is 1.13. The summed E-state index contributed by atoms with van der Waals surface area (Å²) in [4.78, 5) is 4.38. The molecule has 1 aromatic rings. The molecule has 0 amide bonds. The van der Waals surface area contributed by atoms with Crippen molar-refractivity contribution in [2.75, 3.05) is 13.1 Å². The van der Waals surface area contributed by atoms with Crippen molar-refractivity contribution in [3.8, 4) is 0 Å². The Morgan fingerprint density at radius 1 is 1.47 bits per heavy atom. The van der Waals surface area contributed by atoms with Crippen LogP contribution in [-0.4, -0.2) is 19.0 Å². The second kappa shape index (κ2) is 7.20. The molecular formula is C12H17BrIN3. The van der Waals surface area contributed by atoms with Gasteiger partial charge in [0.05, 0.1) is 0 Å². The van der Waals surface area contributed by atoms with Crippen LogP contribution in [0.3, 0.4) is 0 Å². The third-order valence-corrected chi connectivity index (χ3v) is 3.15. The van der Waals surface area contributed by atoms with E-state index >= 15 is 0 Å². The average molecular weight is 410 g/mol. The lowest BCUT2D eigenvalue weighted by Crippen LogP contribution is -2.40. The van der Waals surface area contributed by atoms with Crippen molar-refractivity contribution < 1.29 is 0 Å². The zero-order valence-corrected chi connectivity index (χ0v) is 13.7. The molecule has 0 saturated heterocycles. The lowest BCUT2D eigenvalue weighted by molar-refractivity contribution is 0.701. The van der Waals surface area contributed by atoms with E-state index in [2.05, 4.69) is 56.7 Å². The van der Waals surface area contributed by atoms with Crippen LogP contribution in [0.1, 0.15) is 17.5 Å². The summed E-state index contributed by atoms with van der Waals surface area (Å²) in [7, 11) is 0. The summed E-state index contributed by atoms with van der Waals surface area (Å²) in [5.74, 6) is 0.922. The van der Waals surface area contributed by atoms with Crippen LogP contribution in [0.4, 0.5) is 0 Å². The SMILES string of the molecule is Cc1ccc(Br)cc1CNC1=NCCCN1.I. The number of rotatable bonds is 2. The number of hydrogen-bond acceptors (Lipinski definition) is 3. The van der Waals surface area contributed by atoms with Crippen molar-refractivity contribution in [1.29, 1.82) is 0 Å². The average Bonchev–Trinajstić information content (AvgIpc) is 2.32. The standard InChI is InChI=1S/C12H16BrN3.HI/c1-9-3-4-11(13)7-10(9)8-16-12-14-5-2-6-15-12;/h3-4,7H,2,5-6,8H2,1H3,(H2,14,15,16);1H. The van der Waals surface area contributed by atoms with Gasteiger partial charge in [0.2, 0.25) is 0 Å². The van der Waals surface area contributed by atoms with E-state index in [0.29, 0.717) is 0 Å². The first kappa shape index (κ1) is 14.8. The molecule has 1 aliphatic rings. The summed E-state index contributed by atoms with van der Waals surface area (Å²) in [6.45, 7) is 4.88. The molecule has 0 fully saturated rings. The van der Waals surface area contributed by atoms with Gasteiger partial charge >= 0.3 is 0 Å². The summed E-state index contributed by atoms with van der Waals surface area (Å²) in [5, 5.41) is 6.57. The molecule has 0 aromatic heterocycles. The number of hydrogen-bond donors (Lipinski definition) is 2. The van der Waals surface area contributed by atoms with Crippen molar-refractivity contribution >= 4 is 45.9 Å². The fourth-order valence-electron chi connectivity index (χ4n) is 1.66. The number of aryl methyl sites for hydroxylation is 1. The van der Waals surface area contributed by atoms with E-state index in [4.69, 9.17) is 0 Å². The Balaban J connectivity index is 0.00000144. The first-order valence-corrected chi connectivity index (χ1v) is 6.32. The van der Waals surface area contributed by atoms with E-state index in [1.807, 2.05) is 0 Å². The first-order chi connectivity index (χ1) is 7.75. The Kier molecular flexibility index (Phi) is 6.26. The summed E-state index contributed by atoms with van der Waals surface area (Å²) in [6, 6.07) is 6.33. The van der Waals surface area contributed by atoms with Crippen LogP contribution < -0.4 is 10.6 Å². The molecule has 0 atom stereocenters. The van der Waals surface area contributed by atoms with E-state index in [9.17, 15) is 0 Å². The quantitative estimate of drug-likeness (QED) is 0.737. The van der Waals surface area contributed by atoms with Crippen molar-refractivity contribution in [2.24, 2.45) is 4.99 Å². The second-order valence-corrected chi connectivity index (χ2v) is 4.85. The molecule has 94 valence electrons. The zero-order chi connectivity index (χ0) is 11.4. The fourth-order valence-corrected chi connectivity index (χ4v) is 2.07. The van der Waals surface area contributed by atoms with Crippen molar-refractivity contribution in [3.63, 3.8) is 0 Å². The largest absolute Gasteiger partial charge is 0.356 e. The molecule has 2 N–H and O–H groups in total. The molecule has 2 rings (SSSR count). The Morgan fingerprint density at radius 3 is 3.00 bits per heavy atom. The Hall–Kier alpha value is -0.300. The predicted octanol–water partition coefficient (Wildman–Crippen LogP) is 2.81. The van der Waals surface area contributed by atoms with Crippen molar-refractivity contribution in [1.82, 2.24) is 10.6 Å². The third kappa shape index (κ3) is 4.46. The van der Waals surface area contributed by atoms with Crippen LogP contribution >= 0.6 is 39.9 Å². The van der Waals surface area contributed by atoms with Crippen LogP contribution in [0.5, 0.6) is 0 Å². The lowest BCUT2D eigenvalue weighted by atomic mass is 10.1. The molecule has 0 spiro atoms. The topological polar surface area (TPSA) is 36.4 Å². The van der Waals surface area contributed by atoms with E-state index in [1.54, 1.807) is 0 Å². The minimum Gasteiger partial charge on any atom is -0.356 e. The molecule has 0 aliphatic carbocycles. The molecule has 0 bridgehead atoms. The molecule has 5 heteroatoms.